The molecule has 2 aromatic carbocycles. The molecule has 2 aromatic rings. The van der Waals surface area contributed by atoms with E-state index in [-0.39, 0.29) is 5.82 Å². The standard InChI is InChI=1S/C15H10Br2F4/c1-8-6-9(2-5-13(8)18)14(17)11-7-10(15(19,20)21)3-4-12(11)16/h2-7,14H,1H3. The lowest BCUT2D eigenvalue weighted by Gasteiger charge is -2.16. The van der Waals surface area contributed by atoms with Gasteiger partial charge in [-0.05, 0) is 47.9 Å². The highest BCUT2D eigenvalue weighted by Gasteiger charge is 2.31. The second-order valence-electron chi connectivity index (χ2n) is 4.61. The summed E-state index contributed by atoms with van der Waals surface area (Å²) in [6.45, 7) is 1.61. The maximum atomic E-state index is 13.3. The van der Waals surface area contributed by atoms with E-state index >= 15 is 0 Å². The molecular weight excluding hydrogens is 416 g/mol. The molecule has 6 heteroatoms. The van der Waals surface area contributed by atoms with Crippen molar-refractivity contribution < 1.29 is 17.6 Å². The normalized spacial score (nSPS) is 13.3. The molecule has 0 bridgehead atoms. The Kier molecular flexibility index (Phi) is 4.78. The Morgan fingerprint density at radius 2 is 1.71 bits per heavy atom. The van der Waals surface area contributed by atoms with Gasteiger partial charge >= 0.3 is 6.18 Å². The first kappa shape index (κ1) is 16.5. The lowest BCUT2D eigenvalue weighted by molar-refractivity contribution is -0.137. The van der Waals surface area contributed by atoms with Gasteiger partial charge in [-0.1, -0.05) is 44.0 Å². The number of benzene rings is 2. The van der Waals surface area contributed by atoms with Crippen LogP contribution < -0.4 is 0 Å². The second kappa shape index (κ2) is 6.08. The summed E-state index contributed by atoms with van der Waals surface area (Å²) in [4.78, 5) is -0.464. The third-order valence-electron chi connectivity index (χ3n) is 3.07. The Bertz CT molecular complexity index is 665. The van der Waals surface area contributed by atoms with Crippen molar-refractivity contribution in [3.8, 4) is 0 Å². The SMILES string of the molecule is Cc1cc(C(Br)c2cc(C(F)(F)F)ccc2Br)ccc1F. The number of rotatable bonds is 2. The smallest absolute Gasteiger partial charge is 0.207 e. The average Bonchev–Trinajstić information content (AvgIpc) is 2.40. The summed E-state index contributed by atoms with van der Waals surface area (Å²) >= 11 is 6.64. The van der Waals surface area contributed by atoms with Gasteiger partial charge in [0.05, 0.1) is 10.4 Å². The van der Waals surface area contributed by atoms with Gasteiger partial charge in [0.15, 0.2) is 0 Å². The highest BCUT2D eigenvalue weighted by Crippen LogP contribution is 2.39. The molecule has 0 N–H and O–H groups in total. The van der Waals surface area contributed by atoms with Crippen molar-refractivity contribution in [1.29, 1.82) is 0 Å². The van der Waals surface area contributed by atoms with Crippen molar-refractivity contribution in [2.45, 2.75) is 17.9 Å². The largest absolute Gasteiger partial charge is 0.416 e. The third kappa shape index (κ3) is 3.66. The molecule has 0 saturated heterocycles. The summed E-state index contributed by atoms with van der Waals surface area (Å²) in [5.74, 6) is -0.346. The monoisotopic (exact) mass is 424 g/mol. The minimum Gasteiger partial charge on any atom is -0.207 e. The quantitative estimate of drug-likeness (QED) is 0.385. The molecule has 0 saturated carbocycles. The van der Waals surface area contributed by atoms with E-state index in [9.17, 15) is 17.6 Å². The molecular formula is C15H10Br2F4. The fourth-order valence-corrected chi connectivity index (χ4v) is 3.37. The Hall–Kier alpha value is -0.880. The van der Waals surface area contributed by atoms with Crippen molar-refractivity contribution in [3.63, 3.8) is 0 Å². The molecule has 21 heavy (non-hydrogen) atoms. The summed E-state index contributed by atoms with van der Waals surface area (Å²) in [7, 11) is 0. The van der Waals surface area contributed by atoms with Crippen LogP contribution in [0.3, 0.4) is 0 Å². The predicted molar refractivity (Wildman–Crippen MR) is 81.1 cm³/mol. The van der Waals surface area contributed by atoms with Crippen molar-refractivity contribution in [2.24, 2.45) is 0 Å². The zero-order valence-corrected chi connectivity index (χ0v) is 14.0. The summed E-state index contributed by atoms with van der Waals surface area (Å²) in [6.07, 6.45) is -4.40. The molecule has 112 valence electrons. The lowest BCUT2D eigenvalue weighted by Crippen LogP contribution is -2.06. The Morgan fingerprint density at radius 3 is 2.29 bits per heavy atom. The van der Waals surface area contributed by atoms with Gasteiger partial charge in [-0.25, -0.2) is 4.39 Å². The van der Waals surface area contributed by atoms with E-state index in [0.717, 1.165) is 12.1 Å². The van der Waals surface area contributed by atoms with Crippen LogP contribution in [0.4, 0.5) is 17.6 Å². The van der Waals surface area contributed by atoms with E-state index in [1.165, 1.54) is 12.1 Å². The van der Waals surface area contributed by atoms with Crippen LogP contribution in [-0.2, 0) is 6.18 Å². The maximum absolute atomic E-state index is 13.3. The van der Waals surface area contributed by atoms with E-state index in [0.29, 0.717) is 21.2 Å². The first-order chi connectivity index (χ1) is 9.70. The molecule has 0 fully saturated rings. The van der Waals surface area contributed by atoms with Crippen molar-refractivity contribution in [3.05, 3.63) is 68.9 Å². The first-order valence-electron chi connectivity index (χ1n) is 5.97. The van der Waals surface area contributed by atoms with Crippen molar-refractivity contribution >= 4 is 31.9 Å². The van der Waals surface area contributed by atoms with Crippen molar-refractivity contribution in [1.82, 2.24) is 0 Å². The highest BCUT2D eigenvalue weighted by molar-refractivity contribution is 9.11. The van der Waals surface area contributed by atoms with E-state index < -0.39 is 16.6 Å². The van der Waals surface area contributed by atoms with Crippen LogP contribution in [0.5, 0.6) is 0 Å². The molecule has 0 aliphatic heterocycles. The van der Waals surface area contributed by atoms with Crippen LogP contribution in [0.15, 0.2) is 40.9 Å². The second-order valence-corrected chi connectivity index (χ2v) is 6.38. The number of halogens is 6. The number of hydrogen-bond acceptors (Lipinski definition) is 0. The third-order valence-corrected chi connectivity index (χ3v) is 4.82. The summed E-state index contributed by atoms with van der Waals surface area (Å²) in [5.41, 5.74) is 0.855. The molecule has 0 radical (unpaired) electrons. The van der Waals surface area contributed by atoms with Gasteiger partial charge < -0.3 is 0 Å². The Morgan fingerprint density at radius 1 is 1.05 bits per heavy atom. The van der Waals surface area contributed by atoms with Gasteiger partial charge in [-0.15, -0.1) is 0 Å². The number of alkyl halides is 4. The summed E-state index contributed by atoms with van der Waals surface area (Å²) in [6, 6.07) is 7.94. The van der Waals surface area contributed by atoms with E-state index in [4.69, 9.17) is 0 Å². The zero-order chi connectivity index (χ0) is 15.8. The van der Waals surface area contributed by atoms with Crippen LogP contribution in [0.1, 0.15) is 27.1 Å². The minimum absolute atomic E-state index is 0.346. The maximum Gasteiger partial charge on any atom is 0.416 e. The molecule has 0 spiro atoms. The van der Waals surface area contributed by atoms with Gasteiger partial charge in [0, 0.05) is 4.47 Å². The van der Waals surface area contributed by atoms with Crippen LogP contribution in [0.25, 0.3) is 0 Å². The average molecular weight is 426 g/mol. The highest BCUT2D eigenvalue weighted by atomic mass is 79.9. The molecule has 0 heterocycles. The fraction of sp³-hybridized carbons (Fsp3) is 0.200. The zero-order valence-electron chi connectivity index (χ0n) is 10.8. The first-order valence-corrected chi connectivity index (χ1v) is 7.68. The van der Waals surface area contributed by atoms with Gasteiger partial charge in [0.25, 0.3) is 0 Å². The van der Waals surface area contributed by atoms with Crippen LogP contribution in [-0.4, -0.2) is 0 Å². The van der Waals surface area contributed by atoms with E-state index in [1.807, 2.05) is 0 Å². The molecule has 0 amide bonds. The topological polar surface area (TPSA) is 0 Å². The van der Waals surface area contributed by atoms with Crippen LogP contribution >= 0.6 is 31.9 Å². The van der Waals surface area contributed by atoms with Gasteiger partial charge in [0.2, 0.25) is 0 Å². The number of aryl methyl sites for hydroxylation is 1. The number of hydrogen-bond donors (Lipinski definition) is 0. The minimum atomic E-state index is -4.40. The molecule has 0 nitrogen and oxygen atoms in total. The fourth-order valence-electron chi connectivity index (χ4n) is 1.92. The molecule has 2 rings (SSSR count). The van der Waals surface area contributed by atoms with E-state index in [1.54, 1.807) is 19.1 Å². The molecule has 1 atom stereocenters. The molecule has 1 unspecified atom stereocenters. The Balaban J connectivity index is 2.47. The predicted octanol–water partition coefficient (Wildman–Crippen LogP) is 6.40. The summed E-state index contributed by atoms with van der Waals surface area (Å²) < 4.78 is 52.3. The summed E-state index contributed by atoms with van der Waals surface area (Å²) in [5, 5.41) is 0. The van der Waals surface area contributed by atoms with Crippen LogP contribution in [0, 0.1) is 12.7 Å². The van der Waals surface area contributed by atoms with Crippen molar-refractivity contribution in [2.75, 3.05) is 0 Å². The Labute approximate surface area is 136 Å². The van der Waals surface area contributed by atoms with Gasteiger partial charge in [0.1, 0.15) is 5.82 Å². The molecule has 0 aliphatic carbocycles. The van der Waals surface area contributed by atoms with Crippen LogP contribution in [0.2, 0.25) is 0 Å². The lowest BCUT2D eigenvalue weighted by atomic mass is 10.0. The molecule has 0 aromatic heterocycles. The van der Waals surface area contributed by atoms with E-state index in [2.05, 4.69) is 31.9 Å². The van der Waals surface area contributed by atoms with Gasteiger partial charge in [-0.2, -0.15) is 13.2 Å². The molecule has 0 aliphatic rings. The van der Waals surface area contributed by atoms with Gasteiger partial charge in [-0.3, -0.25) is 0 Å².